The lowest BCUT2D eigenvalue weighted by Gasteiger charge is -2.31. The molecule has 0 aromatic carbocycles. The van der Waals surface area contributed by atoms with Gasteiger partial charge in [0.05, 0.1) is 29.7 Å². The van der Waals surface area contributed by atoms with Crippen LogP contribution in [0, 0.1) is 12.8 Å². The first-order valence-corrected chi connectivity index (χ1v) is 11.3. The van der Waals surface area contributed by atoms with Gasteiger partial charge in [0.2, 0.25) is 5.95 Å². The van der Waals surface area contributed by atoms with E-state index >= 15 is 0 Å². The molecule has 0 saturated carbocycles. The van der Waals surface area contributed by atoms with E-state index in [1.807, 2.05) is 13.8 Å². The second-order valence-corrected chi connectivity index (χ2v) is 9.15. The van der Waals surface area contributed by atoms with E-state index in [0.29, 0.717) is 36.2 Å². The summed E-state index contributed by atoms with van der Waals surface area (Å²) in [6, 6.07) is -0.384. The Labute approximate surface area is 189 Å². The number of H-pyrrole nitrogens is 1. The van der Waals surface area contributed by atoms with Gasteiger partial charge in [-0.05, 0) is 38.5 Å². The third-order valence-electron chi connectivity index (χ3n) is 6.54. The van der Waals surface area contributed by atoms with Crippen LogP contribution in [-0.2, 0) is 12.8 Å². The predicted octanol–water partition coefficient (Wildman–Crippen LogP) is 2.49. The number of amides is 1. The number of carbonyl (C=O) groups is 1. The maximum atomic E-state index is 13.4. The minimum absolute atomic E-state index is 0.113. The van der Waals surface area contributed by atoms with Crippen LogP contribution in [-0.4, -0.2) is 73.9 Å². The van der Waals surface area contributed by atoms with Crippen molar-refractivity contribution in [2.45, 2.75) is 58.7 Å². The molecule has 11 heteroatoms. The summed E-state index contributed by atoms with van der Waals surface area (Å²) in [7, 11) is 0. The number of nitrogens with one attached hydrogen (secondary N) is 1. The van der Waals surface area contributed by atoms with Crippen molar-refractivity contribution in [3.63, 3.8) is 0 Å². The van der Waals surface area contributed by atoms with Gasteiger partial charge in [-0.2, -0.15) is 18.3 Å². The lowest BCUT2D eigenvalue weighted by Crippen LogP contribution is -2.46. The molecule has 2 atom stereocenters. The van der Waals surface area contributed by atoms with Crippen molar-refractivity contribution in [1.29, 1.82) is 0 Å². The zero-order valence-electron chi connectivity index (χ0n) is 19.1. The molecule has 2 aromatic rings. The van der Waals surface area contributed by atoms with Gasteiger partial charge in [-0.25, -0.2) is 9.67 Å². The number of carbonyl (C=O) groups excluding carboxylic acids is 1. The van der Waals surface area contributed by atoms with Gasteiger partial charge in [0.25, 0.3) is 11.5 Å². The smallest absolute Gasteiger partial charge is 0.337 e. The van der Waals surface area contributed by atoms with Gasteiger partial charge in [0.15, 0.2) is 0 Å². The average Bonchev–Trinajstić information content (AvgIpc) is 3.32. The fourth-order valence-corrected chi connectivity index (χ4v) is 4.94. The van der Waals surface area contributed by atoms with Crippen LogP contribution in [0.25, 0.3) is 5.95 Å². The van der Waals surface area contributed by atoms with E-state index in [1.165, 1.54) is 15.8 Å². The Bertz CT molecular complexity index is 1090. The van der Waals surface area contributed by atoms with Gasteiger partial charge in [-0.15, -0.1) is 0 Å². The molecule has 4 rings (SSSR count). The number of halogens is 3. The summed E-state index contributed by atoms with van der Waals surface area (Å²) >= 11 is 0. The topological polar surface area (TPSA) is 87.1 Å². The Morgan fingerprint density at radius 1 is 1.24 bits per heavy atom. The molecule has 1 saturated heterocycles. The Balaban J connectivity index is 1.59. The highest BCUT2D eigenvalue weighted by Gasteiger charge is 2.37. The second-order valence-electron chi connectivity index (χ2n) is 9.15. The first-order chi connectivity index (χ1) is 15.6. The molecule has 1 N–H and O–H groups in total. The van der Waals surface area contributed by atoms with Crippen LogP contribution in [0.5, 0.6) is 0 Å². The van der Waals surface area contributed by atoms with E-state index in [-0.39, 0.29) is 42.5 Å². The Hall–Kier alpha value is -2.69. The lowest BCUT2D eigenvalue weighted by molar-refractivity contribution is -0.151. The maximum absolute atomic E-state index is 13.4. The van der Waals surface area contributed by atoms with E-state index in [0.717, 1.165) is 18.5 Å². The monoisotopic (exact) mass is 466 g/mol. The number of hydrogen-bond donors (Lipinski definition) is 1. The second kappa shape index (κ2) is 8.92. The van der Waals surface area contributed by atoms with Crippen molar-refractivity contribution in [3.05, 3.63) is 39.1 Å². The van der Waals surface area contributed by atoms with Crippen LogP contribution in [0.15, 0.2) is 11.0 Å². The van der Waals surface area contributed by atoms with Gasteiger partial charge >= 0.3 is 6.18 Å². The fraction of sp³-hybridized carbons (Fsp3) is 0.636. The Morgan fingerprint density at radius 2 is 2.00 bits per heavy atom. The van der Waals surface area contributed by atoms with Crippen LogP contribution in [0.2, 0.25) is 0 Å². The summed E-state index contributed by atoms with van der Waals surface area (Å²) in [5.41, 5.74) is 2.15. The summed E-state index contributed by atoms with van der Waals surface area (Å²) in [6.07, 6.45) is -0.0225. The molecular formula is C22H29F3N6O2. The molecule has 1 amide bonds. The third kappa shape index (κ3) is 4.83. The largest absolute Gasteiger partial charge is 0.401 e. The van der Waals surface area contributed by atoms with E-state index in [4.69, 9.17) is 0 Å². The minimum Gasteiger partial charge on any atom is -0.337 e. The molecule has 180 valence electrons. The molecule has 3 heterocycles. The van der Waals surface area contributed by atoms with Crippen LogP contribution in [0.1, 0.15) is 54.0 Å². The first-order valence-electron chi connectivity index (χ1n) is 11.3. The molecular weight excluding hydrogens is 437 g/mol. The number of aromatic nitrogens is 4. The highest BCUT2D eigenvalue weighted by atomic mass is 19.4. The summed E-state index contributed by atoms with van der Waals surface area (Å²) in [5, 5.41) is 4.29. The molecule has 2 aliphatic rings. The molecule has 0 radical (unpaired) electrons. The van der Waals surface area contributed by atoms with Crippen LogP contribution in [0.4, 0.5) is 13.2 Å². The average molecular weight is 467 g/mol. The van der Waals surface area contributed by atoms with E-state index in [9.17, 15) is 22.8 Å². The number of alkyl halides is 3. The van der Waals surface area contributed by atoms with Crippen molar-refractivity contribution in [2.24, 2.45) is 5.92 Å². The van der Waals surface area contributed by atoms with E-state index in [2.05, 4.69) is 15.1 Å². The number of nitrogens with zero attached hydrogens (tertiary/aromatic N) is 5. The SMILES string of the molecule is CCC1CN(C(=O)c2cnn(-c3nc4c(c(=O)[nH]3)CCC4)c2C)CC(C)CN1CC(F)(F)F. The number of rotatable bonds is 4. The molecule has 0 spiro atoms. The normalized spacial score (nSPS) is 21.8. The van der Waals surface area contributed by atoms with Gasteiger partial charge in [0.1, 0.15) is 0 Å². The van der Waals surface area contributed by atoms with E-state index < -0.39 is 12.7 Å². The standard InChI is InChI=1S/C22H29F3N6O2/c1-4-15-11-29(9-13(2)10-30(15)12-22(23,24)25)20(33)17-8-26-31(14(17)3)21-27-18-7-5-6-16(18)19(32)28-21/h8,13,15H,4-7,9-12H2,1-3H3,(H,27,28,32). The van der Waals surface area contributed by atoms with Crippen molar-refractivity contribution in [2.75, 3.05) is 26.2 Å². The quantitative estimate of drug-likeness (QED) is 0.748. The van der Waals surface area contributed by atoms with Crippen LogP contribution in [0.3, 0.4) is 0 Å². The Morgan fingerprint density at radius 3 is 2.70 bits per heavy atom. The summed E-state index contributed by atoms with van der Waals surface area (Å²) < 4.78 is 40.7. The molecule has 1 aliphatic heterocycles. The van der Waals surface area contributed by atoms with Crippen molar-refractivity contribution < 1.29 is 18.0 Å². The molecule has 2 unspecified atom stereocenters. The van der Waals surface area contributed by atoms with Gasteiger partial charge in [-0.3, -0.25) is 19.5 Å². The molecule has 8 nitrogen and oxygen atoms in total. The highest BCUT2D eigenvalue weighted by Crippen LogP contribution is 2.25. The minimum atomic E-state index is -4.29. The van der Waals surface area contributed by atoms with Gasteiger partial charge < -0.3 is 4.90 Å². The van der Waals surface area contributed by atoms with Gasteiger partial charge in [-0.1, -0.05) is 13.8 Å². The number of hydrogen-bond acceptors (Lipinski definition) is 5. The Kier molecular flexibility index (Phi) is 6.35. The number of fused-ring (bicyclic) bond motifs is 1. The predicted molar refractivity (Wildman–Crippen MR) is 116 cm³/mol. The molecule has 2 aromatic heterocycles. The lowest BCUT2D eigenvalue weighted by atomic mass is 10.1. The molecule has 1 fully saturated rings. The summed E-state index contributed by atoms with van der Waals surface area (Å²) in [4.78, 5) is 36.1. The van der Waals surface area contributed by atoms with Crippen molar-refractivity contribution >= 4 is 5.91 Å². The summed E-state index contributed by atoms with van der Waals surface area (Å²) in [5.74, 6) is -0.122. The van der Waals surface area contributed by atoms with Crippen LogP contribution >= 0.6 is 0 Å². The fourth-order valence-electron chi connectivity index (χ4n) is 4.94. The summed E-state index contributed by atoms with van der Waals surface area (Å²) in [6.45, 7) is 5.30. The zero-order chi connectivity index (χ0) is 23.9. The maximum Gasteiger partial charge on any atom is 0.401 e. The molecule has 33 heavy (non-hydrogen) atoms. The molecule has 1 aliphatic carbocycles. The zero-order valence-corrected chi connectivity index (χ0v) is 19.1. The molecule has 0 bridgehead atoms. The highest BCUT2D eigenvalue weighted by molar-refractivity contribution is 5.95. The van der Waals surface area contributed by atoms with Crippen LogP contribution < -0.4 is 5.56 Å². The van der Waals surface area contributed by atoms with Gasteiger partial charge in [0, 0.05) is 31.2 Å². The third-order valence-corrected chi connectivity index (χ3v) is 6.54. The number of aryl methyl sites for hydroxylation is 1. The first kappa shape index (κ1) is 23.5. The van der Waals surface area contributed by atoms with Crippen molar-refractivity contribution in [3.8, 4) is 5.95 Å². The van der Waals surface area contributed by atoms with Crippen molar-refractivity contribution in [1.82, 2.24) is 29.5 Å². The van der Waals surface area contributed by atoms with E-state index in [1.54, 1.807) is 11.8 Å². The number of aromatic amines is 1.